The normalized spacial score (nSPS) is 11.4. The molecule has 25 heavy (non-hydrogen) atoms. The minimum Gasteiger partial charge on any atom is -0.478 e. The second-order valence-electron chi connectivity index (χ2n) is 6.05. The van der Waals surface area contributed by atoms with Gasteiger partial charge in [-0.25, -0.2) is 4.79 Å². The van der Waals surface area contributed by atoms with Crippen LogP contribution in [0.1, 0.15) is 21.5 Å². The molecule has 1 aromatic rings. The van der Waals surface area contributed by atoms with E-state index in [0.717, 1.165) is 37.3 Å². The van der Waals surface area contributed by atoms with E-state index in [1.807, 2.05) is 6.07 Å². The Bertz CT molecular complexity index is 478. The van der Waals surface area contributed by atoms with Gasteiger partial charge in [-0.2, -0.15) is 0 Å². The second kappa shape index (κ2) is 11.9. The minimum absolute atomic E-state index is 0.286. The number of carboxylic acids is 1. The van der Waals surface area contributed by atoms with Gasteiger partial charge in [-0.1, -0.05) is 6.07 Å². The Morgan fingerprint density at radius 1 is 0.760 bits per heavy atom. The molecule has 0 unspecified atom stereocenters. The minimum atomic E-state index is -0.934. The molecule has 0 bridgehead atoms. The van der Waals surface area contributed by atoms with Crippen LogP contribution in [0.3, 0.4) is 0 Å². The highest BCUT2D eigenvalue weighted by Gasteiger charge is 2.12. The molecule has 0 radical (unpaired) electrons. The number of aromatic carboxylic acids is 1. The molecule has 8 nitrogen and oxygen atoms in total. The molecular weight excluding hydrogens is 320 g/mol. The fourth-order valence-corrected chi connectivity index (χ4v) is 2.86. The first kappa shape index (κ1) is 21.5. The molecule has 0 spiro atoms. The standard InChI is InChI=1S/C17H32N6O2/c18-1-5-22(6-2-19)12-14-9-15(11-16(10-14)17(24)25)13-23(7-3-20)8-4-21/h9-11H,1-8,12-13,18-21H2,(H,24,25). The Hall–Kier alpha value is -1.55. The van der Waals surface area contributed by atoms with E-state index in [2.05, 4.69) is 9.80 Å². The fourth-order valence-electron chi connectivity index (χ4n) is 2.86. The molecule has 1 rings (SSSR count). The fraction of sp³-hybridized carbons (Fsp3) is 0.588. The van der Waals surface area contributed by atoms with Crippen LogP contribution < -0.4 is 22.9 Å². The number of nitrogens with two attached hydrogens (primary N) is 4. The lowest BCUT2D eigenvalue weighted by atomic mass is 10.0. The summed E-state index contributed by atoms with van der Waals surface area (Å²) >= 11 is 0. The summed E-state index contributed by atoms with van der Waals surface area (Å²) in [6, 6.07) is 5.46. The van der Waals surface area contributed by atoms with Crippen LogP contribution in [0.15, 0.2) is 18.2 Å². The van der Waals surface area contributed by atoms with Crippen molar-refractivity contribution >= 4 is 5.97 Å². The molecule has 0 saturated carbocycles. The van der Waals surface area contributed by atoms with E-state index in [-0.39, 0.29) is 5.56 Å². The zero-order valence-electron chi connectivity index (χ0n) is 14.9. The Morgan fingerprint density at radius 3 is 1.40 bits per heavy atom. The Kier molecular flexibility index (Phi) is 10.2. The lowest BCUT2D eigenvalue weighted by Gasteiger charge is -2.23. The highest BCUT2D eigenvalue weighted by molar-refractivity contribution is 5.88. The van der Waals surface area contributed by atoms with Crippen molar-refractivity contribution in [3.8, 4) is 0 Å². The maximum absolute atomic E-state index is 11.5. The second-order valence-corrected chi connectivity index (χ2v) is 6.05. The molecule has 0 aliphatic heterocycles. The van der Waals surface area contributed by atoms with E-state index in [9.17, 15) is 9.90 Å². The van der Waals surface area contributed by atoms with Crippen molar-refractivity contribution < 1.29 is 9.90 Å². The lowest BCUT2D eigenvalue weighted by molar-refractivity contribution is 0.0696. The molecule has 0 aliphatic carbocycles. The van der Waals surface area contributed by atoms with Crippen LogP contribution in [0.2, 0.25) is 0 Å². The molecular formula is C17H32N6O2. The van der Waals surface area contributed by atoms with Gasteiger partial charge in [0.05, 0.1) is 5.56 Å². The molecule has 0 amide bonds. The maximum Gasteiger partial charge on any atom is 0.335 e. The molecule has 0 aromatic heterocycles. The number of carbonyl (C=O) groups is 1. The molecule has 8 heteroatoms. The van der Waals surface area contributed by atoms with Gasteiger partial charge in [-0.05, 0) is 23.3 Å². The summed E-state index contributed by atoms with van der Waals surface area (Å²) < 4.78 is 0. The molecule has 0 aliphatic rings. The van der Waals surface area contributed by atoms with Gasteiger partial charge in [0, 0.05) is 65.4 Å². The van der Waals surface area contributed by atoms with Crippen LogP contribution >= 0.6 is 0 Å². The molecule has 9 N–H and O–H groups in total. The summed E-state index contributed by atoms with van der Waals surface area (Å²) in [6.45, 7) is 6.25. The van der Waals surface area contributed by atoms with Crippen LogP contribution in [0.5, 0.6) is 0 Å². The van der Waals surface area contributed by atoms with Crippen molar-refractivity contribution in [2.45, 2.75) is 13.1 Å². The van der Waals surface area contributed by atoms with E-state index in [0.29, 0.717) is 39.3 Å². The van der Waals surface area contributed by atoms with Crippen LogP contribution in [-0.2, 0) is 13.1 Å². The van der Waals surface area contributed by atoms with Gasteiger partial charge in [0.15, 0.2) is 0 Å². The Labute approximate surface area is 149 Å². The van der Waals surface area contributed by atoms with Crippen LogP contribution in [-0.4, -0.2) is 73.2 Å². The maximum atomic E-state index is 11.5. The van der Waals surface area contributed by atoms with Gasteiger partial charge in [0.1, 0.15) is 0 Å². The third kappa shape index (κ3) is 7.91. The SMILES string of the molecule is NCCN(CCN)Cc1cc(CN(CCN)CCN)cc(C(=O)O)c1. The third-order valence-corrected chi connectivity index (χ3v) is 3.89. The number of hydrogen-bond acceptors (Lipinski definition) is 7. The summed E-state index contributed by atoms with van der Waals surface area (Å²) in [5.41, 5.74) is 24.8. The van der Waals surface area contributed by atoms with E-state index < -0.39 is 5.97 Å². The first-order valence-electron chi connectivity index (χ1n) is 8.65. The van der Waals surface area contributed by atoms with Crippen molar-refractivity contribution in [1.82, 2.24) is 9.80 Å². The van der Waals surface area contributed by atoms with E-state index >= 15 is 0 Å². The average molecular weight is 352 g/mol. The number of nitrogens with zero attached hydrogens (tertiary/aromatic N) is 2. The van der Waals surface area contributed by atoms with Gasteiger partial charge in [-0.15, -0.1) is 0 Å². The van der Waals surface area contributed by atoms with E-state index in [1.54, 1.807) is 12.1 Å². The largest absolute Gasteiger partial charge is 0.478 e. The van der Waals surface area contributed by atoms with Gasteiger partial charge >= 0.3 is 5.97 Å². The molecule has 142 valence electrons. The van der Waals surface area contributed by atoms with Gasteiger partial charge in [0.25, 0.3) is 0 Å². The molecule has 0 fully saturated rings. The van der Waals surface area contributed by atoms with Crippen molar-refractivity contribution in [1.29, 1.82) is 0 Å². The van der Waals surface area contributed by atoms with Crippen molar-refractivity contribution in [2.24, 2.45) is 22.9 Å². The highest BCUT2D eigenvalue weighted by Crippen LogP contribution is 2.15. The number of hydrogen-bond donors (Lipinski definition) is 5. The smallest absolute Gasteiger partial charge is 0.335 e. The van der Waals surface area contributed by atoms with Gasteiger partial charge in [-0.3, -0.25) is 9.80 Å². The summed E-state index contributed by atoms with van der Waals surface area (Å²) in [6.07, 6.45) is 0. The van der Waals surface area contributed by atoms with Crippen molar-refractivity contribution in [2.75, 3.05) is 52.4 Å². The predicted octanol–water partition coefficient (Wildman–Crippen LogP) is -1.18. The molecule has 0 atom stereocenters. The van der Waals surface area contributed by atoms with Gasteiger partial charge in [0.2, 0.25) is 0 Å². The molecule has 0 heterocycles. The zero-order valence-corrected chi connectivity index (χ0v) is 14.9. The highest BCUT2D eigenvalue weighted by atomic mass is 16.4. The number of carboxylic acid groups (broad SMARTS) is 1. The molecule has 1 aromatic carbocycles. The summed E-state index contributed by atoms with van der Waals surface area (Å²) in [4.78, 5) is 15.7. The van der Waals surface area contributed by atoms with Crippen molar-refractivity contribution in [3.05, 3.63) is 34.9 Å². The average Bonchev–Trinajstić information content (AvgIpc) is 2.55. The van der Waals surface area contributed by atoms with Gasteiger partial charge < -0.3 is 28.0 Å². The van der Waals surface area contributed by atoms with E-state index in [4.69, 9.17) is 22.9 Å². The van der Waals surface area contributed by atoms with Crippen LogP contribution in [0, 0.1) is 0 Å². The molecule has 0 saturated heterocycles. The predicted molar refractivity (Wildman–Crippen MR) is 100 cm³/mol. The topological polar surface area (TPSA) is 148 Å². The summed E-state index contributed by atoms with van der Waals surface area (Å²) in [7, 11) is 0. The quantitative estimate of drug-likeness (QED) is 0.298. The monoisotopic (exact) mass is 352 g/mol. The first-order chi connectivity index (χ1) is 12.0. The Morgan fingerprint density at radius 2 is 1.12 bits per heavy atom. The van der Waals surface area contributed by atoms with Crippen LogP contribution in [0.4, 0.5) is 0 Å². The van der Waals surface area contributed by atoms with Crippen molar-refractivity contribution in [3.63, 3.8) is 0 Å². The lowest BCUT2D eigenvalue weighted by Crippen LogP contribution is -2.34. The van der Waals surface area contributed by atoms with E-state index in [1.165, 1.54) is 0 Å². The number of benzene rings is 1. The van der Waals surface area contributed by atoms with Crippen LogP contribution in [0.25, 0.3) is 0 Å². The zero-order chi connectivity index (χ0) is 18.7. The third-order valence-electron chi connectivity index (χ3n) is 3.89. The number of rotatable bonds is 13. The summed E-state index contributed by atoms with van der Waals surface area (Å²) in [5, 5.41) is 9.41. The first-order valence-corrected chi connectivity index (χ1v) is 8.65. The summed E-state index contributed by atoms with van der Waals surface area (Å²) in [5.74, 6) is -0.934. The Balaban J connectivity index is 3.00.